The van der Waals surface area contributed by atoms with E-state index >= 15 is 0 Å². The standard InChI is InChI=1S/C16H24N6O/c1-4-20(5-2)16(23)15-13-7-6-8-14(22(13)18-17-15)21-11-9-19(3)10-12-21/h6-8H,4-5,9-12H2,1-3H3. The highest BCUT2D eigenvalue weighted by Gasteiger charge is 2.22. The van der Waals surface area contributed by atoms with E-state index in [2.05, 4.69) is 27.2 Å². The molecule has 0 unspecified atom stereocenters. The summed E-state index contributed by atoms with van der Waals surface area (Å²) in [5, 5.41) is 8.42. The van der Waals surface area contributed by atoms with E-state index in [1.54, 1.807) is 9.42 Å². The Hall–Kier alpha value is -2.15. The third-order valence-corrected chi connectivity index (χ3v) is 4.50. The van der Waals surface area contributed by atoms with E-state index in [1.807, 2.05) is 32.0 Å². The van der Waals surface area contributed by atoms with Crippen LogP contribution in [0, 0.1) is 0 Å². The van der Waals surface area contributed by atoms with E-state index in [9.17, 15) is 4.79 Å². The van der Waals surface area contributed by atoms with Crippen LogP contribution < -0.4 is 4.90 Å². The Morgan fingerprint density at radius 2 is 1.87 bits per heavy atom. The predicted molar refractivity (Wildman–Crippen MR) is 89.9 cm³/mol. The molecular weight excluding hydrogens is 292 g/mol. The second-order valence-corrected chi connectivity index (χ2v) is 5.89. The summed E-state index contributed by atoms with van der Waals surface area (Å²) in [7, 11) is 2.13. The maximum Gasteiger partial charge on any atom is 0.276 e. The van der Waals surface area contributed by atoms with Crippen LogP contribution in [-0.4, -0.2) is 76.9 Å². The minimum absolute atomic E-state index is 0.0551. The average Bonchev–Trinajstić information content (AvgIpc) is 3.00. The number of rotatable bonds is 4. The van der Waals surface area contributed by atoms with Gasteiger partial charge in [0, 0.05) is 39.3 Å². The number of anilines is 1. The van der Waals surface area contributed by atoms with Gasteiger partial charge in [-0.3, -0.25) is 4.79 Å². The van der Waals surface area contributed by atoms with E-state index in [1.165, 1.54) is 0 Å². The molecule has 0 bridgehead atoms. The highest BCUT2D eigenvalue weighted by atomic mass is 16.2. The fraction of sp³-hybridized carbons (Fsp3) is 0.562. The Morgan fingerprint density at radius 3 is 2.52 bits per heavy atom. The Bertz CT molecular complexity index is 685. The lowest BCUT2D eigenvalue weighted by molar-refractivity contribution is 0.0769. The molecule has 0 atom stereocenters. The van der Waals surface area contributed by atoms with Crippen molar-refractivity contribution >= 4 is 17.2 Å². The molecule has 1 aliphatic rings. The van der Waals surface area contributed by atoms with Gasteiger partial charge in [0.2, 0.25) is 0 Å². The molecule has 0 radical (unpaired) electrons. The van der Waals surface area contributed by atoms with Crippen molar-refractivity contribution in [2.24, 2.45) is 0 Å². The van der Waals surface area contributed by atoms with Crippen LogP contribution in [0.1, 0.15) is 24.3 Å². The first-order valence-electron chi connectivity index (χ1n) is 8.22. The molecule has 2 aromatic rings. The minimum atomic E-state index is -0.0551. The second-order valence-electron chi connectivity index (χ2n) is 5.89. The molecule has 0 spiro atoms. The molecule has 7 heteroatoms. The predicted octanol–water partition coefficient (Wildman–Crippen LogP) is 0.963. The van der Waals surface area contributed by atoms with Gasteiger partial charge in [-0.25, -0.2) is 0 Å². The fourth-order valence-corrected chi connectivity index (χ4v) is 2.99. The smallest absolute Gasteiger partial charge is 0.276 e. The average molecular weight is 316 g/mol. The van der Waals surface area contributed by atoms with Crippen LogP contribution in [0.4, 0.5) is 5.82 Å². The Balaban J connectivity index is 1.96. The van der Waals surface area contributed by atoms with Gasteiger partial charge in [-0.1, -0.05) is 11.3 Å². The summed E-state index contributed by atoms with van der Waals surface area (Å²) < 4.78 is 1.79. The zero-order valence-corrected chi connectivity index (χ0v) is 14.1. The number of carbonyl (C=O) groups excluding carboxylic acids is 1. The van der Waals surface area contributed by atoms with Gasteiger partial charge in [-0.2, -0.15) is 4.52 Å². The normalized spacial score (nSPS) is 16.0. The molecule has 23 heavy (non-hydrogen) atoms. The zero-order valence-electron chi connectivity index (χ0n) is 14.1. The number of amides is 1. The fourth-order valence-electron chi connectivity index (χ4n) is 2.99. The van der Waals surface area contributed by atoms with E-state index < -0.39 is 0 Å². The monoisotopic (exact) mass is 316 g/mol. The third-order valence-electron chi connectivity index (χ3n) is 4.50. The first kappa shape index (κ1) is 15.7. The molecule has 1 aliphatic heterocycles. The Labute approximate surface area is 136 Å². The minimum Gasteiger partial charge on any atom is -0.354 e. The van der Waals surface area contributed by atoms with Crippen molar-refractivity contribution in [1.29, 1.82) is 0 Å². The summed E-state index contributed by atoms with van der Waals surface area (Å²) in [6.45, 7) is 9.25. The molecule has 0 aromatic carbocycles. The number of hydrogen-bond donors (Lipinski definition) is 0. The topological polar surface area (TPSA) is 57.0 Å². The van der Waals surface area contributed by atoms with E-state index in [4.69, 9.17) is 0 Å². The summed E-state index contributed by atoms with van der Waals surface area (Å²) in [5.74, 6) is 0.947. The molecular formula is C16H24N6O. The van der Waals surface area contributed by atoms with Crippen LogP contribution in [0.25, 0.3) is 5.52 Å². The highest BCUT2D eigenvalue weighted by molar-refractivity contribution is 5.98. The van der Waals surface area contributed by atoms with Crippen LogP contribution in [0.3, 0.4) is 0 Å². The number of carbonyl (C=O) groups is 1. The summed E-state index contributed by atoms with van der Waals surface area (Å²) >= 11 is 0. The lowest BCUT2D eigenvalue weighted by Crippen LogP contribution is -2.45. The van der Waals surface area contributed by atoms with Crippen molar-refractivity contribution < 1.29 is 4.79 Å². The third kappa shape index (κ3) is 2.88. The van der Waals surface area contributed by atoms with Gasteiger partial charge in [0.15, 0.2) is 5.69 Å². The Kier molecular flexibility index (Phi) is 4.47. The van der Waals surface area contributed by atoms with Crippen LogP contribution in [-0.2, 0) is 0 Å². The van der Waals surface area contributed by atoms with Crippen LogP contribution in [0.5, 0.6) is 0 Å². The SMILES string of the molecule is CCN(CC)C(=O)c1nnn2c(N3CCN(C)CC3)cccc12. The van der Waals surface area contributed by atoms with E-state index in [0.717, 1.165) is 37.5 Å². The second kappa shape index (κ2) is 6.54. The highest BCUT2D eigenvalue weighted by Crippen LogP contribution is 2.20. The summed E-state index contributed by atoms with van der Waals surface area (Å²) in [5.41, 5.74) is 1.21. The molecule has 0 aliphatic carbocycles. The van der Waals surface area contributed by atoms with Crippen molar-refractivity contribution in [2.75, 3.05) is 51.2 Å². The molecule has 7 nitrogen and oxygen atoms in total. The molecule has 2 aromatic heterocycles. The summed E-state index contributed by atoms with van der Waals surface area (Å²) in [6, 6.07) is 5.93. The zero-order chi connectivity index (χ0) is 16.4. The number of pyridine rings is 1. The number of fused-ring (bicyclic) bond motifs is 1. The van der Waals surface area contributed by atoms with E-state index in [0.29, 0.717) is 18.8 Å². The van der Waals surface area contributed by atoms with Gasteiger partial charge in [-0.05, 0) is 33.0 Å². The molecule has 3 rings (SSSR count). The Morgan fingerprint density at radius 1 is 1.17 bits per heavy atom. The maximum absolute atomic E-state index is 12.6. The van der Waals surface area contributed by atoms with Gasteiger partial charge >= 0.3 is 0 Å². The number of aromatic nitrogens is 3. The number of nitrogens with zero attached hydrogens (tertiary/aromatic N) is 6. The number of hydrogen-bond acceptors (Lipinski definition) is 5. The van der Waals surface area contributed by atoms with Crippen molar-refractivity contribution in [2.45, 2.75) is 13.8 Å². The van der Waals surface area contributed by atoms with Crippen molar-refractivity contribution in [3.63, 3.8) is 0 Å². The number of likely N-dealkylation sites (N-methyl/N-ethyl adjacent to an activating group) is 1. The first-order chi connectivity index (χ1) is 11.2. The summed E-state index contributed by atoms with van der Waals surface area (Å²) in [4.78, 5) is 19.0. The van der Waals surface area contributed by atoms with Crippen LogP contribution in [0.2, 0.25) is 0 Å². The quantitative estimate of drug-likeness (QED) is 0.841. The van der Waals surface area contributed by atoms with Gasteiger partial charge in [0.1, 0.15) is 11.3 Å². The van der Waals surface area contributed by atoms with Crippen molar-refractivity contribution in [3.8, 4) is 0 Å². The largest absolute Gasteiger partial charge is 0.354 e. The lowest BCUT2D eigenvalue weighted by atomic mass is 10.2. The number of piperazine rings is 1. The van der Waals surface area contributed by atoms with Crippen LogP contribution >= 0.6 is 0 Å². The maximum atomic E-state index is 12.6. The molecule has 1 fully saturated rings. The molecule has 1 saturated heterocycles. The molecule has 1 amide bonds. The molecule has 0 N–H and O–H groups in total. The summed E-state index contributed by atoms with van der Waals surface area (Å²) in [6.07, 6.45) is 0. The molecule has 124 valence electrons. The van der Waals surface area contributed by atoms with Gasteiger partial charge in [-0.15, -0.1) is 5.10 Å². The van der Waals surface area contributed by atoms with Crippen molar-refractivity contribution in [1.82, 2.24) is 24.6 Å². The van der Waals surface area contributed by atoms with Gasteiger partial charge < -0.3 is 14.7 Å². The molecule has 0 saturated carbocycles. The van der Waals surface area contributed by atoms with Gasteiger partial charge in [0.25, 0.3) is 5.91 Å². The van der Waals surface area contributed by atoms with E-state index in [-0.39, 0.29) is 5.91 Å². The van der Waals surface area contributed by atoms with Crippen molar-refractivity contribution in [3.05, 3.63) is 23.9 Å². The van der Waals surface area contributed by atoms with Gasteiger partial charge in [0.05, 0.1) is 0 Å². The molecule has 3 heterocycles. The lowest BCUT2D eigenvalue weighted by Gasteiger charge is -2.33. The first-order valence-corrected chi connectivity index (χ1v) is 8.22. The van der Waals surface area contributed by atoms with Crippen LogP contribution in [0.15, 0.2) is 18.2 Å².